The Morgan fingerprint density at radius 2 is 2.31 bits per heavy atom. The van der Waals surface area contributed by atoms with Crippen molar-refractivity contribution < 1.29 is 9.13 Å². The minimum absolute atomic E-state index is 0.151. The van der Waals surface area contributed by atoms with Crippen LogP contribution in [0.25, 0.3) is 0 Å². The van der Waals surface area contributed by atoms with Gasteiger partial charge in [-0.15, -0.1) is 0 Å². The van der Waals surface area contributed by atoms with Crippen LogP contribution < -0.4 is 4.74 Å². The molecule has 3 atom stereocenters. The highest BCUT2D eigenvalue weighted by atomic mass is 19.1. The molecule has 0 aromatic heterocycles. The van der Waals surface area contributed by atoms with Crippen LogP contribution in [0.2, 0.25) is 0 Å². The van der Waals surface area contributed by atoms with Gasteiger partial charge in [0.2, 0.25) is 0 Å². The molecule has 1 heterocycles. The fraction of sp³-hybridized carbons (Fsp3) is 0.455. The van der Waals surface area contributed by atoms with E-state index in [9.17, 15) is 4.39 Å². The molecule has 1 fully saturated rings. The number of rotatable bonds is 0. The third kappa shape index (κ3) is 0.916. The minimum Gasteiger partial charge on any atom is -0.493 e. The molecule has 13 heavy (non-hydrogen) atoms. The Morgan fingerprint density at radius 1 is 1.46 bits per heavy atom. The lowest BCUT2D eigenvalue weighted by atomic mass is 10.1. The van der Waals surface area contributed by atoms with Crippen molar-refractivity contribution in [3.05, 3.63) is 29.6 Å². The van der Waals surface area contributed by atoms with Crippen molar-refractivity contribution in [2.24, 2.45) is 11.8 Å². The second kappa shape index (κ2) is 2.25. The Labute approximate surface area is 76.5 Å². The first-order chi connectivity index (χ1) is 6.27. The van der Waals surface area contributed by atoms with Gasteiger partial charge < -0.3 is 4.74 Å². The van der Waals surface area contributed by atoms with Gasteiger partial charge in [-0.3, -0.25) is 0 Å². The van der Waals surface area contributed by atoms with Crippen LogP contribution >= 0.6 is 0 Å². The van der Waals surface area contributed by atoms with E-state index >= 15 is 0 Å². The summed E-state index contributed by atoms with van der Waals surface area (Å²) in [6, 6.07) is 4.83. The van der Waals surface area contributed by atoms with E-state index in [1.807, 2.05) is 0 Å². The number of hydrogen-bond donors (Lipinski definition) is 0. The SMILES string of the molecule is C[C@@H]1[C@@H]2COc3ccc(F)cc3[C@H]12. The number of hydrogen-bond acceptors (Lipinski definition) is 1. The predicted octanol–water partition coefficient (Wildman–Crippen LogP) is 2.57. The summed E-state index contributed by atoms with van der Waals surface area (Å²) in [4.78, 5) is 0. The van der Waals surface area contributed by atoms with Crippen LogP contribution in [-0.2, 0) is 0 Å². The van der Waals surface area contributed by atoms with Gasteiger partial charge in [-0.2, -0.15) is 0 Å². The molecule has 0 radical (unpaired) electrons. The largest absolute Gasteiger partial charge is 0.493 e. The Hall–Kier alpha value is -1.05. The lowest BCUT2D eigenvalue weighted by Crippen LogP contribution is -2.08. The van der Waals surface area contributed by atoms with Gasteiger partial charge in [0.05, 0.1) is 6.61 Å². The van der Waals surface area contributed by atoms with Gasteiger partial charge in [0.1, 0.15) is 11.6 Å². The van der Waals surface area contributed by atoms with Gasteiger partial charge in [-0.25, -0.2) is 4.39 Å². The van der Waals surface area contributed by atoms with Crippen LogP contribution in [0.5, 0.6) is 5.75 Å². The van der Waals surface area contributed by atoms with E-state index in [-0.39, 0.29) is 5.82 Å². The van der Waals surface area contributed by atoms with Crippen LogP contribution in [0.3, 0.4) is 0 Å². The molecule has 0 amide bonds. The summed E-state index contributed by atoms with van der Waals surface area (Å²) in [5.41, 5.74) is 1.07. The molecule has 2 heteroatoms. The van der Waals surface area contributed by atoms with Crippen molar-refractivity contribution in [2.75, 3.05) is 6.61 Å². The molecular weight excluding hydrogens is 167 g/mol. The van der Waals surface area contributed by atoms with Crippen LogP contribution in [0.1, 0.15) is 18.4 Å². The van der Waals surface area contributed by atoms with Gasteiger partial charge in [-0.1, -0.05) is 6.92 Å². The number of fused-ring (bicyclic) bond motifs is 3. The summed E-state index contributed by atoms with van der Waals surface area (Å²) in [5, 5.41) is 0. The first kappa shape index (κ1) is 7.36. The summed E-state index contributed by atoms with van der Waals surface area (Å²) < 4.78 is 18.5. The van der Waals surface area contributed by atoms with E-state index in [1.165, 1.54) is 6.07 Å². The van der Waals surface area contributed by atoms with Crippen LogP contribution in [-0.4, -0.2) is 6.61 Å². The first-order valence-electron chi connectivity index (χ1n) is 4.69. The number of benzene rings is 1. The van der Waals surface area contributed by atoms with E-state index in [4.69, 9.17) is 4.74 Å². The lowest BCUT2D eigenvalue weighted by molar-refractivity contribution is 0.275. The zero-order valence-electron chi connectivity index (χ0n) is 7.46. The first-order valence-corrected chi connectivity index (χ1v) is 4.69. The third-order valence-electron chi connectivity index (χ3n) is 3.32. The van der Waals surface area contributed by atoms with Gasteiger partial charge in [-0.05, 0) is 30.0 Å². The second-order valence-electron chi connectivity index (χ2n) is 4.04. The Bertz CT molecular complexity index is 361. The molecule has 1 aliphatic heterocycles. The zero-order chi connectivity index (χ0) is 9.00. The molecule has 0 N–H and O–H groups in total. The van der Waals surface area contributed by atoms with Crippen molar-refractivity contribution in [3.8, 4) is 5.75 Å². The highest BCUT2D eigenvalue weighted by Gasteiger charge is 2.51. The van der Waals surface area contributed by atoms with Gasteiger partial charge in [0.15, 0.2) is 0 Å². The minimum atomic E-state index is -0.151. The Kier molecular flexibility index (Phi) is 1.27. The fourth-order valence-corrected chi connectivity index (χ4v) is 2.41. The molecular formula is C11H11FO. The number of ether oxygens (including phenoxy) is 1. The van der Waals surface area contributed by atoms with Crippen molar-refractivity contribution in [2.45, 2.75) is 12.8 Å². The summed E-state index contributed by atoms with van der Waals surface area (Å²) in [5.74, 6) is 2.59. The van der Waals surface area contributed by atoms with Crippen LogP contribution in [0, 0.1) is 17.7 Å². The quantitative estimate of drug-likeness (QED) is 0.593. The maximum absolute atomic E-state index is 13.0. The molecule has 1 aliphatic carbocycles. The Balaban J connectivity index is 2.10. The highest BCUT2D eigenvalue weighted by molar-refractivity contribution is 5.43. The maximum Gasteiger partial charge on any atom is 0.123 e. The van der Waals surface area contributed by atoms with Crippen molar-refractivity contribution >= 4 is 0 Å². The van der Waals surface area contributed by atoms with E-state index in [0.29, 0.717) is 17.8 Å². The van der Waals surface area contributed by atoms with Crippen molar-refractivity contribution in [1.82, 2.24) is 0 Å². The maximum atomic E-state index is 13.0. The van der Waals surface area contributed by atoms with Gasteiger partial charge >= 0.3 is 0 Å². The van der Waals surface area contributed by atoms with Gasteiger partial charge in [0, 0.05) is 11.5 Å². The average Bonchev–Trinajstić information content (AvgIpc) is 2.78. The normalized spacial score (nSPS) is 34.5. The topological polar surface area (TPSA) is 9.23 Å². The molecule has 0 spiro atoms. The molecule has 0 unspecified atom stereocenters. The zero-order valence-corrected chi connectivity index (χ0v) is 7.46. The van der Waals surface area contributed by atoms with Crippen molar-refractivity contribution in [1.29, 1.82) is 0 Å². The molecule has 1 nitrogen and oxygen atoms in total. The summed E-state index contributed by atoms with van der Waals surface area (Å²) in [7, 11) is 0. The molecule has 1 saturated carbocycles. The van der Waals surface area contributed by atoms with E-state index < -0.39 is 0 Å². The third-order valence-corrected chi connectivity index (χ3v) is 3.32. The van der Waals surface area contributed by atoms with Gasteiger partial charge in [0.25, 0.3) is 0 Å². The molecule has 0 bridgehead atoms. The molecule has 2 aliphatic rings. The monoisotopic (exact) mass is 178 g/mol. The molecule has 0 saturated heterocycles. The summed E-state index contributed by atoms with van der Waals surface area (Å²) in [6.45, 7) is 3.02. The lowest BCUT2D eigenvalue weighted by Gasteiger charge is -2.15. The second-order valence-corrected chi connectivity index (χ2v) is 4.04. The molecule has 1 aromatic rings. The van der Waals surface area contributed by atoms with E-state index in [0.717, 1.165) is 17.9 Å². The average molecular weight is 178 g/mol. The van der Waals surface area contributed by atoms with Crippen molar-refractivity contribution in [3.63, 3.8) is 0 Å². The fourth-order valence-electron chi connectivity index (χ4n) is 2.41. The van der Waals surface area contributed by atoms with Crippen LogP contribution in [0.15, 0.2) is 18.2 Å². The summed E-state index contributed by atoms with van der Waals surface area (Å²) in [6.07, 6.45) is 0. The van der Waals surface area contributed by atoms with E-state index in [1.54, 1.807) is 12.1 Å². The Morgan fingerprint density at radius 3 is 3.15 bits per heavy atom. The number of halogens is 1. The van der Waals surface area contributed by atoms with Crippen LogP contribution in [0.4, 0.5) is 4.39 Å². The molecule has 3 rings (SSSR count). The predicted molar refractivity (Wildman–Crippen MR) is 47.3 cm³/mol. The van der Waals surface area contributed by atoms with E-state index in [2.05, 4.69) is 6.92 Å². The molecule has 1 aromatic carbocycles. The highest BCUT2D eigenvalue weighted by Crippen LogP contribution is 2.58. The summed E-state index contributed by atoms with van der Waals surface area (Å²) >= 11 is 0. The smallest absolute Gasteiger partial charge is 0.123 e. The standard InChI is InChI=1S/C11H11FO/c1-6-9-5-13-10-3-2-7(12)4-8(10)11(6)9/h2-4,6,9,11H,5H2,1H3/t6-,9+,11+/m1/s1. The molecule has 68 valence electrons.